The van der Waals surface area contributed by atoms with Gasteiger partial charge in [0.25, 0.3) is 0 Å². The lowest BCUT2D eigenvalue weighted by Gasteiger charge is -2.08. The van der Waals surface area contributed by atoms with Gasteiger partial charge in [-0.2, -0.15) is 0 Å². The van der Waals surface area contributed by atoms with Gasteiger partial charge in [-0.25, -0.2) is 0 Å². The zero-order chi connectivity index (χ0) is 11.4. The average Bonchev–Trinajstić information content (AvgIpc) is 2.38. The molecule has 0 amide bonds. The first kappa shape index (κ1) is 10.6. The van der Waals surface area contributed by atoms with Crippen LogP contribution in [0.4, 0.5) is 0 Å². The molecule has 0 fully saturated rings. The Morgan fingerprint density at radius 3 is 2.56 bits per heavy atom. The molecule has 0 saturated heterocycles. The van der Waals surface area contributed by atoms with Gasteiger partial charge < -0.3 is 10.2 Å². The molecule has 0 saturated carbocycles. The summed E-state index contributed by atoms with van der Waals surface area (Å²) < 4.78 is 0. The monoisotopic (exact) mass is 218 g/mol. The van der Waals surface area contributed by atoms with Crippen LogP contribution in [0.25, 0.3) is 11.4 Å². The Morgan fingerprint density at radius 1 is 1.06 bits per heavy atom. The third-order valence-corrected chi connectivity index (χ3v) is 2.23. The Labute approximate surface area is 91.6 Å². The molecule has 2 aromatic heterocycles. The molecule has 0 aliphatic rings. The summed E-state index contributed by atoms with van der Waals surface area (Å²) in [5.41, 5.74) is 2.23. The second kappa shape index (κ2) is 4.73. The highest BCUT2D eigenvalue weighted by Gasteiger charge is 2.11. The van der Waals surface area contributed by atoms with Crippen molar-refractivity contribution in [2.45, 2.75) is 13.2 Å². The fourth-order valence-electron chi connectivity index (χ4n) is 1.45. The first-order valence-corrected chi connectivity index (χ1v) is 4.70. The van der Waals surface area contributed by atoms with Crippen molar-refractivity contribution in [1.29, 1.82) is 0 Å². The van der Waals surface area contributed by atoms with Gasteiger partial charge in [-0.1, -0.05) is 0 Å². The first-order valence-electron chi connectivity index (χ1n) is 4.70. The van der Waals surface area contributed by atoms with Gasteiger partial charge in [-0.05, 0) is 22.9 Å². The minimum absolute atomic E-state index is 0.149. The maximum absolute atomic E-state index is 9.28. The second-order valence-corrected chi connectivity index (χ2v) is 3.12. The summed E-state index contributed by atoms with van der Waals surface area (Å²) >= 11 is 0. The molecule has 6 heteroatoms. The third-order valence-electron chi connectivity index (χ3n) is 2.23. The molecule has 6 nitrogen and oxygen atoms in total. The van der Waals surface area contributed by atoms with Crippen LogP contribution in [0.5, 0.6) is 0 Å². The molecule has 0 radical (unpaired) electrons. The van der Waals surface area contributed by atoms with E-state index in [9.17, 15) is 5.11 Å². The number of aromatic nitrogens is 4. The van der Waals surface area contributed by atoms with E-state index in [1.807, 2.05) is 0 Å². The Kier molecular flexibility index (Phi) is 3.13. The molecule has 2 N–H and O–H groups in total. The molecule has 82 valence electrons. The van der Waals surface area contributed by atoms with Crippen LogP contribution >= 0.6 is 0 Å². The molecular formula is C10H10N4O2. The highest BCUT2D eigenvalue weighted by Crippen LogP contribution is 2.21. The lowest BCUT2D eigenvalue weighted by atomic mass is 10.1. The molecule has 16 heavy (non-hydrogen) atoms. The molecule has 2 aromatic rings. The Hall–Kier alpha value is -1.92. The van der Waals surface area contributed by atoms with E-state index in [1.165, 1.54) is 6.20 Å². The van der Waals surface area contributed by atoms with Crippen LogP contribution < -0.4 is 0 Å². The van der Waals surface area contributed by atoms with E-state index >= 15 is 0 Å². The lowest BCUT2D eigenvalue weighted by Crippen LogP contribution is -2.01. The summed E-state index contributed by atoms with van der Waals surface area (Å²) in [7, 11) is 0. The maximum Gasteiger partial charge on any atom is 0.115 e. The fourth-order valence-corrected chi connectivity index (χ4v) is 1.45. The number of hydrogen-bond acceptors (Lipinski definition) is 6. The van der Waals surface area contributed by atoms with Gasteiger partial charge >= 0.3 is 0 Å². The van der Waals surface area contributed by atoms with Crippen LogP contribution in [-0.2, 0) is 13.2 Å². The van der Waals surface area contributed by atoms with Crippen LogP contribution in [0.1, 0.15) is 11.1 Å². The summed E-state index contributed by atoms with van der Waals surface area (Å²) in [5.74, 6) is 0. The summed E-state index contributed by atoms with van der Waals surface area (Å²) in [6.07, 6.45) is 3.05. The molecule has 0 unspecified atom stereocenters. The first-order chi connectivity index (χ1) is 7.86. The van der Waals surface area contributed by atoms with Crippen molar-refractivity contribution < 1.29 is 10.2 Å². The van der Waals surface area contributed by atoms with E-state index in [4.69, 9.17) is 5.11 Å². The van der Waals surface area contributed by atoms with E-state index in [2.05, 4.69) is 20.4 Å². The number of aliphatic hydroxyl groups is 2. The molecule has 0 aliphatic heterocycles. The van der Waals surface area contributed by atoms with Crippen molar-refractivity contribution in [3.63, 3.8) is 0 Å². The van der Waals surface area contributed by atoms with Crippen LogP contribution in [0, 0.1) is 0 Å². The molecule has 0 aromatic carbocycles. The predicted octanol–water partition coefficient (Wildman–Crippen LogP) is -0.0818. The molecule has 0 aliphatic carbocycles. The van der Waals surface area contributed by atoms with Gasteiger partial charge in [0, 0.05) is 11.8 Å². The summed E-state index contributed by atoms with van der Waals surface area (Å²) in [4.78, 5) is 4.13. The molecule has 0 bridgehead atoms. The Bertz CT molecular complexity index is 476. The minimum atomic E-state index is -0.205. The molecule has 2 heterocycles. The number of rotatable bonds is 3. The van der Waals surface area contributed by atoms with Gasteiger partial charge in [-0.3, -0.25) is 4.98 Å². The fraction of sp³-hybridized carbons (Fsp3) is 0.200. The highest BCUT2D eigenvalue weighted by atomic mass is 16.3. The maximum atomic E-state index is 9.28. The van der Waals surface area contributed by atoms with Gasteiger partial charge in [0.1, 0.15) is 5.69 Å². The van der Waals surface area contributed by atoms with Crippen LogP contribution in [-0.4, -0.2) is 30.6 Å². The van der Waals surface area contributed by atoms with E-state index < -0.39 is 0 Å². The average molecular weight is 218 g/mol. The predicted molar refractivity (Wildman–Crippen MR) is 54.9 cm³/mol. The molecule has 0 spiro atoms. The van der Waals surface area contributed by atoms with Crippen LogP contribution in [0.2, 0.25) is 0 Å². The second-order valence-electron chi connectivity index (χ2n) is 3.12. The van der Waals surface area contributed by atoms with Crippen LogP contribution in [0.3, 0.4) is 0 Å². The summed E-state index contributed by atoms with van der Waals surface area (Å²) in [6.45, 7) is -0.354. The topological polar surface area (TPSA) is 92.0 Å². The molecule has 0 atom stereocenters. The van der Waals surface area contributed by atoms with Gasteiger partial charge in [0.15, 0.2) is 0 Å². The highest BCUT2D eigenvalue weighted by molar-refractivity contribution is 5.59. The van der Waals surface area contributed by atoms with Crippen LogP contribution in [0.15, 0.2) is 24.5 Å². The zero-order valence-electron chi connectivity index (χ0n) is 8.41. The molecule has 2 rings (SSSR count). The summed E-state index contributed by atoms with van der Waals surface area (Å²) in [5, 5.41) is 29.3. The van der Waals surface area contributed by atoms with Crippen molar-refractivity contribution in [3.05, 3.63) is 35.7 Å². The number of hydrogen-bond donors (Lipinski definition) is 2. The zero-order valence-corrected chi connectivity index (χ0v) is 8.41. The largest absolute Gasteiger partial charge is 0.392 e. The van der Waals surface area contributed by atoms with Crippen molar-refractivity contribution in [2.75, 3.05) is 0 Å². The van der Waals surface area contributed by atoms with Gasteiger partial charge in [0.05, 0.1) is 25.1 Å². The standard InChI is InChI=1S/C10H10N4O2/c15-5-7-1-3-11-10(8(7)6-16)9-2-4-12-14-13-9/h1-4,15-16H,5-6H2. The van der Waals surface area contributed by atoms with Crippen molar-refractivity contribution in [2.24, 2.45) is 0 Å². The number of nitrogens with zero attached hydrogens (tertiary/aromatic N) is 4. The van der Waals surface area contributed by atoms with Gasteiger partial charge in [-0.15, -0.1) is 10.2 Å². The normalized spacial score (nSPS) is 10.4. The summed E-state index contributed by atoms with van der Waals surface area (Å²) in [6, 6.07) is 3.30. The number of pyridine rings is 1. The smallest absolute Gasteiger partial charge is 0.115 e. The van der Waals surface area contributed by atoms with Crippen molar-refractivity contribution >= 4 is 0 Å². The number of aliphatic hydroxyl groups excluding tert-OH is 2. The van der Waals surface area contributed by atoms with Crippen molar-refractivity contribution in [1.82, 2.24) is 20.4 Å². The molecular weight excluding hydrogens is 208 g/mol. The SMILES string of the molecule is OCc1ccnc(-c2ccnnn2)c1CO. The van der Waals surface area contributed by atoms with Crippen molar-refractivity contribution in [3.8, 4) is 11.4 Å². The van der Waals surface area contributed by atoms with E-state index in [0.29, 0.717) is 22.5 Å². The minimum Gasteiger partial charge on any atom is -0.392 e. The quantitative estimate of drug-likeness (QED) is 0.748. The van der Waals surface area contributed by atoms with E-state index in [1.54, 1.807) is 18.3 Å². The Balaban J connectivity index is 2.57. The Morgan fingerprint density at radius 2 is 1.94 bits per heavy atom. The van der Waals surface area contributed by atoms with E-state index in [0.717, 1.165) is 0 Å². The third kappa shape index (κ3) is 1.88. The lowest BCUT2D eigenvalue weighted by molar-refractivity contribution is 0.260. The van der Waals surface area contributed by atoms with Gasteiger partial charge in [0.2, 0.25) is 0 Å². The van der Waals surface area contributed by atoms with E-state index in [-0.39, 0.29) is 13.2 Å².